The molecule has 0 aromatic carbocycles. The van der Waals surface area contributed by atoms with Crippen LogP contribution in [-0.4, -0.2) is 34.1 Å². The zero-order valence-electron chi connectivity index (χ0n) is 10.9. The van der Waals surface area contributed by atoms with E-state index in [0.717, 1.165) is 13.8 Å². The van der Waals surface area contributed by atoms with Gasteiger partial charge in [0, 0.05) is 27.7 Å². The highest BCUT2D eigenvalue weighted by Crippen LogP contribution is 1.55. The Morgan fingerprint density at radius 1 is 0.737 bits per heavy atom. The van der Waals surface area contributed by atoms with Crippen LogP contribution in [0.5, 0.6) is 0 Å². The summed E-state index contributed by atoms with van der Waals surface area (Å²) in [6.45, 7) is 4.64. The highest BCUT2D eigenvalue weighted by Gasteiger charge is 1.77. The van der Waals surface area contributed by atoms with Crippen LogP contribution < -0.4 is 11.8 Å². The second-order valence-corrected chi connectivity index (χ2v) is 2.26. The Kier molecular flexibility index (Phi) is 39.9. The highest BCUT2D eigenvalue weighted by molar-refractivity contribution is 5.85. The molecule has 0 aromatic rings. The number of nitrogens with two attached hydrogens (primary N) is 2. The molecule has 0 bridgehead atoms. The van der Waals surface area contributed by atoms with Crippen molar-refractivity contribution in [3.63, 3.8) is 0 Å². The van der Waals surface area contributed by atoms with Crippen molar-refractivity contribution in [2.45, 2.75) is 27.7 Å². The van der Waals surface area contributed by atoms with Gasteiger partial charge in [-0.15, -0.1) is 12.4 Å². The quantitative estimate of drug-likeness (QED) is 0.424. The molecule has 0 aliphatic carbocycles. The van der Waals surface area contributed by atoms with E-state index in [0.29, 0.717) is 0 Å². The summed E-state index contributed by atoms with van der Waals surface area (Å²) in [7, 11) is 0. The maximum atomic E-state index is 9.47. The molecule has 19 heavy (non-hydrogen) atoms. The number of hydrogen-bond acceptors (Lipinski definition) is 8. The van der Waals surface area contributed by atoms with E-state index in [2.05, 4.69) is 21.5 Å². The molecule has 10 nitrogen and oxygen atoms in total. The van der Waals surface area contributed by atoms with Gasteiger partial charge in [-0.25, -0.2) is 0 Å². The lowest BCUT2D eigenvalue weighted by Crippen LogP contribution is -2.03. The van der Waals surface area contributed by atoms with Gasteiger partial charge in [0.05, 0.1) is 0 Å². The summed E-state index contributed by atoms with van der Waals surface area (Å²) in [6, 6.07) is 0. The minimum Gasteiger partial charge on any atom is -0.481 e. The number of carbonyl (C=O) groups is 4. The lowest BCUT2D eigenvalue weighted by Gasteiger charge is -1.79. The third-order valence-electron chi connectivity index (χ3n) is 0.332. The Hall–Kier alpha value is -1.91. The van der Waals surface area contributed by atoms with E-state index in [1.165, 1.54) is 13.8 Å². The third-order valence-corrected chi connectivity index (χ3v) is 0.332. The van der Waals surface area contributed by atoms with E-state index in [1.54, 1.807) is 0 Å². The van der Waals surface area contributed by atoms with E-state index in [9.17, 15) is 9.59 Å². The molecule has 0 heterocycles. The van der Waals surface area contributed by atoms with Crippen LogP contribution in [0.25, 0.3) is 0 Å². The number of hydrogen-bond donors (Lipinski definition) is 4. The Bertz CT molecular complexity index is 225. The van der Waals surface area contributed by atoms with Crippen molar-refractivity contribution in [3.8, 4) is 0 Å². The Labute approximate surface area is 116 Å². The molecule has 0 atom stereocenters. The van der Waals surface area contributed by atoms with Crippen molar-refractivity contribution >= 4 is 36.3 Å². The fourth-order valence-corrected chi connectivity index (χ4v) is 0. The molecule has 0 saturated carbocycles. The van der Waals surface area contributed by atoms with Gasteiger partial charge in [0.1, 0.15) is 0 Å². The molecule has 116 valence electrons. The fraction of sp³-hybridized carbons (Fsp3) is 0.500. The van der Waals surface area contributed by atoms with Crippen LogP contribution in [0, 0.1) is 0 Å². The van der Waals surface area contributed by atoms with Crippen molar-refractivity contribution < 1.29 is 39.1 Å². The van der Waals surface area contributed by atoms with Gasteiger partial charge in [0.25, 0.3) is 11.9 Å². The molecule has 0 aliphatic rings. The van der Waals surface area contributed by atoms with E-state index < -0.39 is 23.9 Å². The predicted octanol–water partition coefficient (Wildman–Crippen LogP) is -0.550. The standard InChI is InChI=1S/2C2H5NO2.2C2H4O2.ClH/c2*1-2(4)5-3;2*1-2(3)4;/h2*3H2,1H3;2*1H3,(H,3,4);1H. The van der Waals surface area contributed by atoms with E-state index in [-0.39, 0.29) is 12.4 Å². The number of aliphatic carboxylic acids is 2. The number of carboxylic acids is 2. The maximum absolute atomic E-state index is 9.47. The molecule has 0 radical (unpaired) electrons. The number of halogens is 1. The summed E-state index contributed by atoms with van der Waals surface area (Å²) in [4.78, 5) is 44.2. The zero-order chi connectivity index (χ0) is 15.7. The van der Waals surface area contributed by atoms with Gasteiger partial charge in [-0.1, -0.05) is 0 Å². The first-order valence-corrected chi connectivity index (χ1v) is 4.14. The van der Waals surface area contributed by atoms with Gasteiger partial charge in [-0.05, 0) is 0 Å². The van der Waals surface area contributed by atoms with Crippen LogP contribution in [0.2, 0.25) is 0 Å². The third kappa shape index (κ3) is 731. The van der Waals surface area contributed by atoms with Gasteiger partial charge in [-0.2, -0.15) is 11.8 Å². The van der Waals surface area contributed by atoms with Crippen LogP contribution in [0.15, 0.2) is 0 Å². The number of rotatable bonds is 0. The van der Waals surface area contributed by atoms with Gasteiger partial charge >= 0.3 is 11.9 Å². The van der Waals surface area contributed by atoms with Crippen molar-refractivity contribution in [2.24, 2.45) is 11.8 Å². The summed E-state index contributed by atoms with van der Waals surface area (Å²) < 4.78 is 0. The summed E-state index contributed by atoms with van der Waals surface area (Å²) in [5, 5.41) is 14.8. The van der Waals surface area contributed by atoms with Crippen LogP contribution >= 0.6 is 12.4 Å². The second kappa shape index (κ2) is 25.1. The Balaban J connectivity index is -0.0000000453. The Morgan fingerprint density at radius 2 is 0.789 bits per heavy atom. The SMILES string of the molecule is CC(=O)O.CC(=O)O.CC(=O)ON.CC(=O)ON.Cl. The highest BCUT2D eigenvalue weighted by atomic mass is 35.5. The molecular formula is C8H19ClN2O8. The first-order valence-electron chi connectivity index (χ1n) is 4.14. The summed E-state index contributed by atoms with van der Waals surface area (Å²) >= 11 is 0. The normalized spacial score (nSPS) is 6.21. The van der Waals surface area contributed by atoms with Crippen molar-refractivity contribution in [2.75, 3.05) is 0 Å². The van der Waals surface area contributed by atoms with Crippen molar-refractivity contribution in [3.05, 3.63) is 0 Å². The molecule has 0 aliphatic heterocycles. The molecule has 0 fully saturated rings. The van der Waals surface area contributed by atoms with Crippen LogP contribution in [-0.2, 0) is 28.9 Å². The Morgan fingerprint density at radius 3 is 0.789 bits per heavy atom. The molecule has 0 amide bonds. The number of carboxylic acid groups (broad SMARTS) is 2. The zero-order valence-corrected chi connectivity index (χ0v) is 11.7. The van der Waals surface area contributed by atoms with E-state index >= 15 is 0 Å². The van der Waals surface area contributed by atoms with E-state index in [1.807, 2.05) is 0 Å². The molecule has 0 rings (SSSR count). The first kappa shape index (κ1) is 30.3. The summed E-state index contributed by atoms with van der Waals surface area (Å²) in [5.41, 5.74) is 0. The minimum absolute atomic E-state index is 0. The smallest absolute Gasteiger partial charge is 0.321 e. The average molecular weight is 307 g/mol. The van der Waals surface area contributed by atoms with E-state index in [4.69, 9.17) is 19.8 Å². The average Bonchev–Trinajstić information content (AvgIpc) is 2.16. The van der Waals surface area contributed by atoms with Crippen LogP contribution in [0.3, 0.4) is 0 Å². The predicted molar refractivity (Wildman–Crippen MR) is 65.8 cm³/mol. The molecule has 0 aromatic heterocycles. The van der Waals surface area contributed by atoms with Gasteiger partial charge < -0.3 is 19.9 Å². The molecule has 0 saturated heterocycles. The van der Waals surface area contributed by atoms with Crippen molar-refractivity contribution in [1.82, 2.24) is 0 Å². The molecule has 6 N–H and O–H groups in total. The molecule has 0 spiro atoms. The van der Waals surface area contributed by atoms with Gasteiger partial charge in [-0.3, -0.25) is 19.2 Å². The largest absolute Gasteiger partial charge is 0.481 e. The first-order chi connectivity index (χ1) is 8.00. The molecule has 11 heteroatoms. The fourth-order valence-electron chi connectivity index (χ4n) is 0. The van der Waals surface area contributed by atoms with Crippen LogP contribution in [0.4, 0.5) is 0 Å². The molecular weight excluding hydrogens is 288 g/mol. The van der Waals surface area contributed by atoms with Gasteiger partial charge in [0.2, 0.25) is 0 Å². The van der Waals surface area contributed by atoms with Gasteiger partial charge in [0.15, 0.2) is 0 Å². The topological polar surface area (TPSA) is 179 Å². The summed E-state index contributed by atoms with van der Waals surface area (Å²) in [6.07, 6.45) is 0. The monoisotopic (exact) mass is 306 g/mol. The second-order valence-electron chi connectivity index (χ2n) is 2.26. The molecule has 0 unspecified atom stereocenters. The lowest BCUT2D eigenvalue weighted by atomic mass is 10.8. The number of carbonyl (C=O) groups excluding carboxylic acids is 2. The lowest BCUT2D eigenvalue weighted by molar-refractivity contribution is -0.142. The maximum Gasteiger partial charge on any atom is 0.321 e. The van der Waals surface area contributed by atoms with Crippen molar-refractivity contribution in [1.29, 1.82) is 0 Å². The van der Waals surface area contributed by atoms with Crippen LogP contribution in [0.1, 0.15) is 27.7 Å². The minimum atomic E-state index is -0.833. The summed E-state index contributed by atoms with van der Waals surface area (Å²) in [5.74, 6) is 6.04.